The van der Waals surface area contributed by atoms with Crippen molar-refractivity contribution in [2.75, 3.05) is 13.6 Å². The maximum Gasteiger partial charge on any atom is 0.194 e. The Morgan fingerprint density at radius 3 is 2.69 bits per heavy atom. The summed E-state index contributed by atoms with van der Waals surface area (Å²) in [6.45, 7) is 3.58. The van der Waals surface area contributed by atoms with Gasteiger partial charge < -0.3 is 19.9 Å². The van der Waals surface area contributed by atoms with Gasteiger partial charge in [0, 0.05) is 42.6 Å². The molecular weight excluding hydrogens is 514 g/mol. The smallest absolute Gasteiger partial charge is 0.194 e. The number of nitrogens with zero attached hydrogens (tertiary/aromatic N) is 3. The van der Waals surface area contributed by atoms with E-state index in [4.69, 9.17) is 0 Å². The fourth-order valence-electron chi connectivity index (χ4n) is 2.52. The van der Waals surface area contributed by atoms with Crippen LogP contribution in [0.3, 0.4) is 0 Å². The summed E-state index contributed by atoms with van der Waals surface area (Å²) in [7, 11) is 3.99. The quantitative estimate of drug-likeness (QED) is 0.335. The van der Waals surface area contributed by atoms with Gasteiger partial charge in [-0.3, -0.25) is 0 Å². The minimum Gasteiger partial charge on any atom is -0.392 e. The van der Waals surface area contributed by atoms with Gasteiger partial charge in [-0.15, -0.1) is 24.0 Å². The first-order chi connectivity index (χ1) is 11.9. The van der Waals surface area contributed by atoms with E-state index >= 15 is 0 Å². The van der Waals surface area contributed by atoms with Crippen LogP contribution in [-0.4, -0.2) is 34.1 Å². The molecule has 0 saturated heterocycles. The first-order valence-electron chi connectivity index (χ1n) is 8.13. The summed E-state index contributed by atoms with van der Waals surface area (Å²) in [5.41, 5.74) is 2.31. The van der Waals surface area contributed by atoms with Gasteiger partial charge in [0.25, 0.3) is 0 Å². The Kier molecular flexibility index (Phi) is 9.59. The predicted octanol–water partition coefficient (Wildman–Crippen LogP) is 3.63. The van der Waals surface area contributed by atoms with Gasteiger partial charge in [0.1, 0.15) is 5.82 Å². The van der Waals surface area contributed by atoms with Crippen LogP contribution in [0.15, 0.2) is 39.9 Å². The molecule has 0 amide bonds. The topological polar surface area (TPSA) is 52.8 Å². The molecule has 0 atom stereocenters. The number of aliphatic hydroxyl groups is 1. The summed E-state index contributed by atoms with van der Waals surface area (Å²) in [5.74, 6) is 0.378. The van der Waals surface area contributed by atoms with Gasteiger partial charge in [-0.05, 0) is 46.6 Å². The zero-order valence-corrected chi connectivity index (χ0v) is 19.1. The average molecular weight is 539 g/mol. The Bertz CT molecular complexity index is 751. The van der Waals surface area contributed by atoms with Crippen molar-refractivity contribution >= 4 is 45.9 Å². The van der Waals surface area contributed by atoms with E-state index in [0.717, 1.165) is 28.2 Å². The number of guanidine groups is 1. The molecule has 1 aromatic carbocycles. The van der Waals surface area contributed by atoms with Gasteiger partial charge in [0.2, 0.25) is 0 Å². The summed E-state index contributed by atoms with van der Waals surface area (Å²) in [4.78, 5) is 6.67. The van der Waals surface area contributed by atoms with Gasteiger partial charge in [-0.2, -0.15) is 0 Å². The highest BCUT2D eigenvalue weighted by Crippen LogP contribution is 2.15. The molecule has 144 valence electrons. The van der Waals surface area contributed by atoms with Crippen LogP contribution in [0.25, 0.3) is 0 Å². The fourth-order valence-corrected chi connectivity index (χ4v) is 3.10. The lowest BCUT2D eigenvalue weighted by atomic mass is 10.1. The second kappa shape index (κ2) is 10.9. The molecule has 2 rings (SSSR count). The molecular formula is C18H25BrFIN4O. The first kappa shape index (κ1) is 22.9. The van der Waals surface area contributed by atoms with E-state index in [9.17, 15) is 9.50 Å². The summed E-state index contributed by atoms with van der Waals surface area (Å²) >= 11 is 3.49. The molecule has 0 aliphatic rings. The van der Waals surface area contributed by atoms with E-state index in [1.54, 1.807) is 12.1 Å². The molecule has 0 spiro atoms. The van der Waals surface area contributed by atoms with Gasteiger partial charge in [0.15, 0.2) is 5.96 Å². The van der Waals surface area contributed by atoms with Crippen molar-refractivity contribution in [3.63, 3.8) is 0 Å². The maximum atomic E-state index is 13.5. The van der Waals surface area contributed by atoms with Crippen molar-refractivity contribution in [1.82, 2.24) is 14.8 Å². The number of hydrogen-bond donors (Lipinski definition) is 2. The molecule has 0 aliphatic carbocycles. The molecule has 0 bridgehead atoms. The lowest BCUT2D eigenvalue weighted by Crippen LogP contribution is -2.38. The van der Waals surface area contributed by atoms with Crippen LogP contribution >= 0.6 is 39.9 Å². The fraction of sp³-hybridized carbons (Fsp3) is 0.389. The van der Waals surface area contributed by atoms with Crippen LogP contribution in [0.1, 0.15) is 23.7 Å². The highest BCUT2D eigenvalue weighted by molar-refractivity contribution is 14.0. The third kappa shape index (κ3) is 6.24. The Balaban J connectivity index is 0.00000338. The number of aliphatic hydroxyl groups excluding tert-OH is 1. The van der Waals surface area contributed by atoms with Crippen molar-refractivity contribution in [2.45, 2.75) is 26.6 Å². The minimum atomic E-state index is -0.395. The number of aliphatic imine (C=N–C) groups is 1. The number of hydrogen-bond acceptors (Lipinski definition) is 2. The van der Waals surface area contributed by atoms with E-state index in [1.807, 2.05) is 32.1 Å². The monoisotopic (exact) mass is 538 g/mol. The maximum absolute atomic E-state index is 13.5. The van der Waals surface area contributed by atoms with Crippen LogP contribution in [0.5, 0.6) is 0 Å². The van der Waals surface area contributed by atoms with E-state index < -0.39 is 5.82 Å². The van der Waals surface area contributed by atoms with Gasteiger partial charge in [-0.25, -0.2) is 9.38 Å². The molecule has 0 radical (unpaired) electrons. The van der Waals surface area contributed by atoms with E-state index in [2.05, 4.69) is 36.9 Å². The van der Waals surface area contributed by atoms with Gasteiger partial charge >= 0.3 is 0 Å². The third-order valence-electron chi connectivity index (χ3n) is 3.86. The number of aryl methyl sites for hydroxylation is 1. The largest absolute Gasteiger partial charge is 0.392 e. The number of benzene rings is 1. The Morgan fingerprint density at radius 1 is 1.38 bits per heavy atom. The number of halogens is 3. The van der Waals surface area contributed by atoms with Crippen molar-refractivity contribution in [3.8, 4) is 0 Å². The number of rotatable bonds is 6. The molecule has 0 unspecified atom stereocenters. The molecule has 0 fully saturated rings. The molecule has 26 heavy (non-hydrogen) atoms. The normalized spacial score (nSPS) is 11.2. The molecule has 8 heteroatoms. The standard InChI is InChI=1S/C18H24BrFN4O.HI/c1-4-21-18(24(3)11-16-8-15(19)10-23(16)2)22-9-13-5-6-17(20)14(7-13)12-25;/h5-8,10,25H,4,9,11-12H2,1-3H3,(H,21,22);1H. The lowest BCUT2D eigenvalue weighted by Gasteiger charge is -2.22. The lowest BCUT2D eigenvalue weighted by molar-refractivity contribution is 0.275. The highest BCUT2D eigenvalue weighted by Gasteiger charge is 2.10. The molecule has 2 N–H and O–H groups in total. The minimum absolute atomic E-state index is 0. The van der Waals surface area contributed by atoms with Crippen molar-refractivity contribution in [1.29, 1.82) is 0 Å². The summed E-state index contributed by atoms with van der Waals surface area (Å²) in [6, 6.07) is 6.79. The summed E-state index contributed by atoms with van der Waals surface area (Å²) in [6.07, 6.45) is 2.02. The molecule has 2 aromatic rings. The zero-order valence-electron chi connectivity index (χ0n) is 15.2. The second-order valence-corrected chi connectivity index (χ2v) is 6.79. The van der Waals surface area contributed by atoms with Crippen LogP contribution in [0.4, 0.5) is 4.39 Å². The highest BCUT2D eigenvalue weighted by atomic mass is 127. The summed E-state index contributed by atoms with van der Waals surface area (Å²) < 4.78 is 16.6. The van der Waals surface area contributed by atoms with E-state index in [1.165, 1.54) is 6.07 Å². The van der Waals surface area contributed by atoms with Gasteiger partial charge in [0.05, 0.1) is 19.7 Å². The van der Waals surface area contributed by atoms with E-state index in [0.29, 0.717) is 18.7 Å². The van der Waals surface area contributed by atoms with Gasteiger partial charge in [-0.1, -0.05) is 6.07 Å². The first-order valence-corrected chi connectivity index (χ1v) is 8.92. The number of aromatic nitrogens is 1. The Morgan fingerprint density at radius 2 is 2.12 bits per heavy atom. The SMILES string of the molecule is CCNC(=NCc1ccc(F)c(CO)c1)N(C)Cc1cc(Br)cn1C.I. The second-order valence-electron chi connectivity index (χ2n) is 5.87. The average Bonchev–Trinajstić information content (AvgIpc) is 2.89. The molecule has 1 heterocycles. The Hall–Kier alpha value is -1.13. The van der Waals surface area contributed by atoms with Crippen molar-refractivity contribution in [3.05, 3.63) is 57.6 Å². The summed E-state index contributed by atoms with van der Waals surface area (Å²) in [5, 5.41) is 12.5. The van der Waals surface area contributed by atoms with Crippen LogP contribution in [0.2, 0.25) is 0 Å². The molecule has 5 nitrogen and oxygen atoms in total. The molecule has 0 aliphatic heterocycles. The van der Waals surface area contributed by atoms with E-state index in [-0.39, 0.29) is 30.6 Å². The molecule has 1 aromatic heterocycles. The van der Waals surface area contributed by atoms with Crippen LogP contribution < -0.4 is 5.32 Å². The predicted molar refractivity (Wildman–Crippen MR) is 117 cm³/mol. The third-order valence-corrected chi connectivity index (χ3v) is 4.30. The molecule has 0 saturated carbocycles. The van der Waals surface area contributed by atoms with Crippen molar-refractivity contribution in [2.24, 2.45) is 12.0 Å². The van der Waals surface area contributed by atoms with Crippen LogP contribution in [-0.2, 0) is 26.7 Å². The van der Waals surface area contributed by atoms with Crippen LogP contribution in [0, 0.1) is 5.82 Å². The number of nitrogens with one attached hydrogen (secondary N) is 1. The Labute approximate surface area is 179 Å². The van der Waals surface area contributed by atoms with Crippen molar-refractivity contribution < 1.29 is 9.50 Å². The zero-order chi connectivity index (χ0) is 18.4.